The number of nitrogens with one attached hydrogen (secondary N) is 1. The molecule has 0 bridgehead atoms. The predicted octanol–water partition coefficient (Wildman–Crippen LogP) is 2.99. The fourth-order valence-corrected chi connectivity index (χ4v) is 2.22. The van der Waals surface area contributed by atoms with Gasteiger partial charge in [0.1, 0.15) is 0 Å². The van der Waals surface area contributed by atoms with Gasteiger partial charge >= 0.3 is 0 Å². The maximum atomic E-state index is 5.07. The second-order valence-corrected chi connectivity index (χ2v) is 6.90. The zero-order valence-electron chi connectivity index (χ0n) is 14.7. The lowest BCUT2D eigenvalue weighted by Gasteiger charge is -2.18. The lowest BCUT2D eigenvalue weighted by molar-refractivity contribution is 0.200. The SMILES string of the molecule is COCCNCC(=Cc1cn(C)nc1C(C)(C)C)C(C)C. The molecular formula is C17H31N3O. The molecule has 1 aromatic heterocycles. The lowest BCUT2D eigenvalue weighted by Crippen LogP contribution is -2.23. The van der Waals surface area contributed by atoms with Crippen molar-refractivity contribution in [2.24, 2.45) is 13.0 Å². The van der Waals surface area contributed by atoms with Crippen LogP contribution in [0.25, 0.3) is 6.08 Å². The van der Waals surface area contributed by atoms with E-state index in [1.807, 2.05) is 11.7 Å². The van der Waals surface area contributed by atoms with Gasteiger partial charge in [0, 0.05) is 44.4 Å². The Morgan fingerprint density at radius 1 is 1.43 bits per heavy atom. The number of methoxy groups -OCH3 is 1. The first-order valence-electron chi connectivity index (χ1n) is 7.70. The quantitative estimate of drug-likeness (QED) is 0.786. The van der Waals surface area contributed by atoms with Crippen molar-refractivity contribution in [3.63, 3.8) is 0 Å². The summed E-state index contributed by atoms with van der Waals surface area (Å²) < 4.78 is 6.98. The van der Waals surface area contributed by atoms with E-state index in [0.29, 0.717) is 5.92 Å². The number of nitrogens with zero attached hydrogens (tertiary/aromatic N) is 2. The van der Waals surface area contributed by atoms with Crippen molar-refractivity contribution in [3.8, 4) is 0 Å². The monoisotopic (exact) mass is 293 g/mol. The summed E-state index contributed by atoms with van der Waals surface area (Å²) in [6.07, 6.45) is 4.40. The Bertz CT molecular complexity index is 467. The van der Waals surface area contributed by atoms with Crippen LogP contribution in [0.2, 0.25) is 0 Å². The van der Waals surface area contributed by atoms with Gasteiger partial charge in [0.15, 0.2) is 0 Å². The van der Waals surface area contributed by atoms with Crippen molar-refractivity contribution < 1.29 is 4.74 Å². The van der Waals surface area contributed by atoms with Crippen LogP contribution in [0.3, 0.4) is 0 Å². The van der Waals surface area contributed by atoms with E-state index in [1.54, 1.807) is 7.11 Å². The molecule has 0 atom stereocenters. The number of ether oxygens (including phenoxy) is 1. The Morgan fingerprint density at radius 2 is 2.10 bits per heavy atom. The van der Waals surface area contributed by atoms with Crippen LogP contribution in [0.1, 0.15) is 45.9 Å². The van der Waals surface area contributed by atoms with Gasteiger partial charge in [0.2, 0.25) is 0 Å². The minimum atomic E-state index is 0.0542. The van der Waals surface area contributed by atoms with Crippen LogP contribution in [-0.2, 0) is 17.2 Å². The minimum Gasteiger partial charge on any atom is -0.383 e. The molecule has 0 unspecified atom stereocenters. The topological polar surface area (TPSA) is 39.1 Å². The average molecular weight is 293 g/mol. The summed E-state index contributed by atoms with van der Waals surface area (Å²) in [5, 5.41) is 8.07. The van der Waals surface area contributed by atoms with Crippen molar-refractivity contribution in [3.05, 3.63) is 23.0 Å². The normalized spacial score (nSPS) is 13.2. The van der Waals surface area contributed by atoms with Gasteiger partial charge in [-0.3, -0.25) is 4.68 Å². The summed E-state index contributed by atoms with van der Waals surface area (Å²) >= 11 is 0. The predicted molar refractivity (Wildman–Crippen MR) is 89.5 cm³/mol. The van der Waals surface area contributed by atoms with Crippen LogP contribution in [-0.4, -0.2) is 36.6 Å². The van der Waals surface area contributed by atoms with E-state index in [-0.39, 0.29) is 5.41 Å². The maximum absolute atomic E-state index is 5.07. The molecule has 1 aromatic rings. The van der Waals surface area contributed by atoms with Gasteiger partial charge in [-0.2, -0.15) is 5.10 Å². The van der Waals surface area contributed by atoms with Crippen molar-refractivity contribution in [1.29, 1.82) is 0 Å². The first kappa shape index (κ1) is 17.9. The maximum Gasteiger partial charge on any atom is 0.0750 e. The molecule has 0 aliphatic rings. The van der Waals surface area contributed by atoms with E-state index in [0.717, 1.165) is 25.4 Å². The van der Waals surface area contributed by atoms with Crippen LogP contribution >= 0.6 is 0 Å². The Balaban J connectivity index is 2.95. The fourth-order valence-electron chi connectivity index (χ4n) is 2.22. The van der Waals surface area contributed by atoms with E-state index in [9.17, 15) is 0 Å². The minimum absolute atomic E-state index is 0.0542. The molecule has 0 radical (unpaired) electrons. The summed E-state index contributed by atoms with van der Waals surface area (Å²) in [5.41, 5.74) is 3.82. The number of rotatable bonds is 7. The van der Waals surface area contributed by atoms with Crippen molar-refractivity contribution in [1.82, 2.24) is 15.1 Å². The van der Waals surface area contributed by atoms with Gasteiger partial charge in [-0.05, 0) is 5.92 Å². The van der Waals surface area contributed by atoms with Crippen LogP contribution in [0.15, 0.2) is 11.8 Å². The molecule has 0 spiro atoms. The Hall–Kier alpha value is -1.13. The standard InChI is InChI=1S/C17H31N3O/c1-13(2)14(11-18-8-9-21-7)10-15-12-20(6)19-16(15)17(3,4)5/h10,12-13,18H,8-9,11H2,1-7H3. The average Bonchev–Trinajstić information content (AvgIpc) is 2.74. The molecule has 4 nitrogen and oxygen atoms in total. The smallest absolute Gasteiger partial charge is 0.0750 e. The number of hydrogen-bond donors (Lipinski definition) is 1. The van der Waals surface area contributed by atoms with Crippen molar-refractivity contribution >= 4 is 6.08 Å². The molecule has 1 rings (SSSR count). The summed E-state index contributed by atoms with van der Waals surface area (Å²) in [5.74, 6) is 0.507. The van der Waals surface area contributed by atoms with E-state index >= 15 is 0 Å². The fraction of sp³-hybridized carbons (Fsp3) is 0.706. The molecule has 1 N–H and O–H groups in total. The highest BCUT2D eigenvalue weighted by molar-refractivity contribution is 5.56. The Labute approximate surface area is 129 Å². The third-order valence-electron chi connectivity index (χ3n) is 3.46. The summed E-state index contributed by atoms with van der Waals surface area (Å²) in [6, 6.07) is 0. The molecule has 0 aromatic carbocycles. The van der Waals surface area contributed by atoms with Gasteiger partial charge in [-0.1, -0.05) is 46.3 Å². The van der Waals surface area contributed by atoms with Crippen LogP contribution < -0.4 is 5.32 Å². The number of hydrogen-bond acceptors (Lipinski definition) is 3. The third-order valence-corrected chi connectivity index (χ3v) is 3.46. The molecule has 0 aliphatic heterocycles. The highest BCUT2D eigenvalue weighted by Crippen LogP contribution is 2.26. The van der Waals surface area contributed by atoms with Gasteiger partial charge < -0.3 is 10.1 Å². The van der Waals surface area contributed by atoms with Gasteiger partial charge in [-0.15, -0.1) is 0 Å². The lowest BCUT2D eigenvalue weighted by atomic mass is 9.88. The van der Waals surface area contributed by atoms with Crippen molar-refractivity contribution in [2.45, 2.75) is 40.0 Å². The molecule has 1 heterocycles. The molecule has 0 aliphatic carbocycles. The molecule has 0 saturated carbocycles. The Morgan fingerprint density at radius 3 is 2.62 bits per heavy atom. The van der Waals surface area contributed by atoms with Crippen molar-refractivity contribution in [2.75, 3.05) is 26.8 Å². The molecule has 0 amide bonds. The van der Waals surface area contributed by atoms with E-state index < -0.39 is 0 Å². The summed E-state index contributed by atoms with van der Waals surface area (Å²) in [4.78, 5) is 0. The molecule has 21 heavy (non-hydrogen) atoms. The van der Waals surface area contributed by atoms with Crippen LogP contribution in [0.5, 0.6) is 0 Å². The molecule has 0 saturated heterocycles. The second-order valence-electron chi connectivity index (χ2n) is 6.90. The van der Waals surface area contributed by atoms with Gasteiger partial charge in [0.05, 0.1) is 12.3 Å². The molecule has 4 heteroatoms. The third kappa shape index (κ3) is 5.64. The van der Waals surface area contributed by atoms with Gasteiger partial charge in [-0.25, -0.2) is 0 Å². The highest BCUT2D eigenvalue weighted by atomic mass is 16.5. The molecular weight excluding hydrogens is 262 g/mol. The first-order chi connectivity index (χ1) is 9.75. The molecule has 0 fully saturated rings. The first-order valence-corrected chi connectivity index (χ1v) is 7.70. The van der Waals surface area contributed by atoms with E-state index in [2.05, 4.69) is 57.3 Å². The van der Waals surface area contributed by atoms with Gasteiger partial charge in [0.25, 0.3) is 0 Å². The zero-order valence-corrected chi connectivity index (χ0v) is 14.7. The van der Waals surface area contributed by atoms with Crippen LogP contribution in [0, 0.1) is 5.92 Å². The second kappa shape index (κ2) is 7.76. The summed E-state index contributed by atoms with van der Waals surface area (Å²) in [7, 11) is 3.71. The number of aromatic nitrogens is 2. The van der Waals surface area contributed by atoms with E-state index in [4.69, 9.17) is 4.74 Å². The highest BCUT2D eigenvalue weighted by Gasteiger charge is 2.21. The zero-order chi connectivity index (χ0) is 16.0. The van der Waals surface area contributed by atoms with E-state index in [1.165, 1.54) is 11.1 Å². The largest absolute Gasteiger partial charge is 0.383 e. The van der Waals surface area contributed by atoms with Crippen LogP contribution in [0.4, 0.5) is 0 Å². The summed E-state index contributed by atoms with van der Waals surface area (Å²) in [6.45, 7) is 13.6. The molecule has 120 valence electrons. The number of aryl methyl sites for hydroxylation is 1. The Kier molecular flexibility index (Phi) is 6.62.